The third-order valence-electron chi connectivity index (χ3n) is 4.13. The normalized spacial score (nSPS) is 24.3. The Morgan fingerprint density at radius 3 is 2.81 bits per heavy atom. The summed E-state index contributed by atoms with van der Waals surface area (Å²) >= 11 is 0. The summed E-state index contributed by atoms with van der Waals surface area (Å²) in [5, 5.41) is 12.0. The molecule has 21 heavy (non-hydrogen) atoms. The van der Waals surface area contributed by atoms with Gasteiger partial charge in [-0.1, -0.05) is 6.42 Å². The monoisotopic (exact) mass is 314 g/mol. The molecule has 2 fully saturated rings. The predicted molar refractivity (Wildman–Crippen MR) is 77.0 cm³/mol. The molecule has 0 radical (unpaired) electrons. The van der Waals surface area contributed by atoms with E-state index in [0.29, 0.717) is 19.1 Å². The molecular weight excluding hydrogens is 292 g/mol. The van der Waals surface area contributed by atoms with Crippen LogP contribution in [0, 0.1) is 0 Å². The van der Waals surface area contributed by atoms with Gasteiger partial charge in [-0.05, 0) is 42.7 Å². The molecular formula is C12H22N6O2S. The maximum Gasteiger partial charge on any atom is 0.208 e. The smallest absolute Gasteiger partial charge is 0.208 e. The van der Waals surface area contributed by atoms with E-state index in [4.69, 9.17) is 0 Å². The lowest BCUT2D eigenvalue weighted by Crippen LogP contribution is -2.46. The van der Waals surface area contributed by atoms with Crippen molar-refractivity contribution < 1.29 is 8.42 Å². The lowest BCUT2D eigenvalue weighted by molar-refractivity contribution is 0.136. The Morgan fingerprint density at radius 1 is 1.29 bits per heavy atom. The quantitative estimate of drug-likeness (QED) is 0.789. The lowest BCUT2D eigenvalue weighted by Gasteiger charge is -2.35. The van der Waals surface area contributed by atoms with Gasteiger partial charge >= 0.3 is 0 Å². The van der Waals surface area contributed by atoms with Crippen LogP contribution in [0.3, 0.4) is 0 Å². The number of likely N-dealkylation sites (tertiary alicyclic amines) is 1. The highest BCUT2D eigenvalue weighted by atomic mass is 32.2. The third kappa shape index (κ3) is 3.98. The Hall–Kier alpha value is -1.06. The van der Waals surface area contributed by atoms with E-state index in [-0.39, 0.29) is 6.04 Å². The molecule has 2 aliphatic rings. The van der Waals surface area contributed by atoms with Crippen LogP contribution in [0.25, 0.3) is 0 Å². The largest absolute Gasteiger partial charge is 0.292 e. The molecule has 0 aromatic carbocycles. The Balaban J connectivity index is 1.64. The van der Waals surface area contributed by atoms with Gasteiger partial charge in [0.1, 0.15) is 0 Å². The van der Waals surface area contributed by atoms with Crippen molar-refractivity contribution in [2.45, 2.75) is 50.7 Å². The lowest BCUT2D eigenvalue weighted by atomic mass is 10.0. The summed E-state index contributed by atoms with van der Waals surface area (Å²) < 4.78 is 27.1. The van der Waals surface area contributed by atoms with Crippen LogP contribution in [0.1, 0.15) is 44.0 Å². The molecule has 118 valence electrons. The zero-order valence-electron chi connectivity index (χ0n) is 12.3. The molecule has 2 heterocycles. The topological polar surface area (TPSA) is 93.0 Å². The molecule has 1 aliphatic heterocycles. The summed E-state index contributed by atoms with van der Waals surface area (Å²) in [5.41, 5.74) is 0. The van der Waals surface area contributed by atoms with Crippen LogP contribution < -0.4 is 4.72 Å². The summed E-state index contributed by atoms with van der Waals surface area (Å²) in [5.74, 6) is 0.892. The Bertz CT molecular complexity index is 582. The molecule has 0 bridgehead atoms. The van der Waals surface area contributed by atoms with Crippen molar-refractivity contribution in [1.82, 2.24) is 29.8 Å². The highest BCUT2D eigenvalue weighted by Gasteiger charge is 2.30. The fourth-order valence-electron chi connectivity index (χ4n) is 2.85. The summed E-state index contributed by atoms with van der Waals surface area (Å²) in [6.07, 6.45) is 6.79. The average molecular weight is 314 g/mol. The Morgan fingerprint density at radius 2 is 2.10 bits per heavy atom. The molecule has 1 aromatic heterocycles. The van der Waals surface area contributed by atoms with Gasteiger partial charge in [0.25, 0.3) is 0 Å². The average Bonchev–Trinajstić information content (AvgIpc) is 3.17. The predicted octanol–water partition coefficient (Wildman–Crippen LogP) is -0.0883. The highest BCUT2D eigenvalue weighted by Crippen LogP contribution is 2.34. The van der Waals surface area contributed by atoms with Crippen LogP contribution in [-0.4, -0.2) is 58.9 Å². The van der Waals surface area contributed by atoms with Gasteiger partial charge in [0.05, 0.1) is 18.8 Å². The molecule has 0 amide bonds. The van der Waals surface area contributed by atoms with E-state index in [9.17, 15) is 8.42 Å². The van der Waals surface area contributed by atoms with E-state index in [1.54, 1.807) is 0 Å². The van der Waals surface area contributed by atoms with Gasteiger partial charge in [0, 0.05) is 12.6 Å². The molecule has 3 rings (SSSR count). The van der Waals surface area contributed by atoms with Crippen LogP contribution in [0.5, 0.6) is 0 Å². The minimum absolute atomic E-state index is 0.220. The molecule has 1 aromatic rings. The number of nitrogens with zero attached hydrogens (tertiary/aromatic N) is 5. The van der Waals surface area contributed by atoms with E-state index in [1.165, 1.54) is 6.26 Å². The summed E-state index contributed by atoms with van der Waals surface area (Å²) in [6.45, 7) is 2.12. The zero-order chi connectivity index (χ0) is 14.9. The molecule has 0 spiro atoms. The number of nitrogens with one attached hydrogen (secondary N) is 1. The molecule has 1 saturated carbocycles. The molecule has 1 saturated heterocycles. The molecule has 1 N–H and O–H groups in total. The van der Waals surface area contributed by atoms with Crippen LogP contribution in [0.2, 0.25) is 0 Å². The van der Waals surface area contributed by atoms with E-state index in [2.05, 4.69) is 25.1 Å². The van der Waals surface area contributed by atoms with Crippen LogP contribution >= 0.6 is 0 Å². The van der Waals surface area contributed by atoms with Crippen LogP contribution in [0.15, 0.2) is 0 Å². The van der Waals surface area contributed by atoms with Crippen molar-refractivity contribution in [2.24, 2.45) is 0 Å². The number of sulfonamides is 1. The van der Waals surface area contributed by atoms with Crippen molar-refractivity contribution in [3.63, 3.8) is 0 Å². The van der Waals surface area contributed by atoms with Gasteiger partial charge in [-0.3, -0.25) is 4.90 Å². The summed E-state index contributed by atoms with van der Waals surface area (Å²) in [6, 6.07) is 0.685. The first-order valence-corrected chi connectivity index (χ1v) is 9.37. The van der Waals surface area contributed by atoms with Gasteiger partial charge in [-0.25, -0.2) is 17.8 Å². The Kier molecular flexibility index (Phi) is 4.23. The molecule has 9 heteroatoms. The van der Waals surface area contributed by atoms with E-state index >= 15 is 0 Å². The van der Waals surface area contributed by atoms with Crippen molar-refractivity contribution in [3.8, 4) is 0 Å². The van der Waals surface area contributed by atoms with Crippen LogP contribution in [-0.2, 0) is 16.6 Å². The molecule has 1 aliphatic carbocycles. The second-order valence-corrected chi connectivity index (χ2v) is 7.84. The maximum absolute atomic E-state index is 11.3. The second-order valence-electron chi connectivity index (χ2n) is 6.01. The Labute approximate surface area is 124 Å². The van der Waals surface area contributed by atoms with Crippen LogP contribution in [0.4, 0.5) is 0 Å². The number of hydrogen-bond donors (Lipinski definition) is 1. The first kappa shape index (κ1) is 14.9. The standard InChI is InChI=1S/C12H22N6O2S/c1-21(19,20)13-8-11-4-2-3-7-17(11)9-12-14-15-16-18(12)10-5-6-10/h10-11,13H,2-9H2,1H3/t11-/m0/s1. The number of hydrogen-bond acceptors (Lipinski definition) is 6. The molecule has 1 atom stereocenters. The van der Waals surface area contributed by atoms with Crippen molar-refractivity contribution in [1.29, 1.82) is 0 Å². The number of aromatic nitrogens is 4. The minimum Gasteiger partial charge on any atom is -0.292 e. The van der Waals surface area contributed by atoms with Gasteiger partial charge in [-0.2, -0.15) is 0 Å². The highest BCUT2D eigenvalue weighted by molar-refractivity contribution is 7.88. The number of piperidine rings is 1. The van der Waals surface area contributed by atoms with Gasteiger partial charge < -0.3 is 0 Å². The van der Waals surface area contributed by atoms with Crippen molar-refractivity contribution in [2.75, 3.05) is 19.3 Å². The first-order valence-electron chi connectivity index (χ1n) is 7.48. The van der Waals surface area contributed by atoms with Gasteiger partial charge in [0.2, 0.25) is 10.0 Å². The van der Waals surface area contributed by atoms with E-state index < -0.39 is 10.0 Å². The first-order chi connectivity index (χ1) is 10.0. The summed E-state index contributed by atoms with van der Waals surface area (Å²) in [4.78, 5) is 2.30. The van der Waals surface area contributed by atoms with E-state index in [1.807, 2.05) is 4.68 Å². The summed E-state index contributed by atoms with van der Waals surface area (Å²) in [7, 11) is -3.14. The third-order valence-corrected chi connectivity index (χ3v) is 4.82. The van der Waals surface area contributed by atoms with E-state index in [0.717, 1.165) is 44.5 Å². The number of tetrazole rings is 1. The zero-order valence-corrected chi connectivity index (χ0v) is 13.1. The fourth-order valence-corrected chi connectivity index (χ4v) is 3.34. The van der Waals surface area contributed by atoms with Crippen molar-refractivity contribution >= 4 is 10.0 Å². The molecule has 8 nitrogen and oxygen atoms in total. The number of rotatable bonds is 6. The van der Waals surface area contributed by atoms with Gasteiger partial charge in [0.15, 0.2) is 5.82 Å². The molecule has 0 unspecified atom stereocenters. The minimum atomic E-state index is -3.14. The maximum atomic E-state index is 11.3. The van der Waals surface area contributed by atoms with Crippen molar-refractivity contribution in [3.05, 3.63) is 5.82 Å². The second kappa shape index (κ2) is 5.98. The van der Waals surface area contributed by atoms with Gasteiger partial charge in [-0.15, -0.1) is 5.10 Å². The fraction of sp³-hybridized carbons (Fsp3) is 0.917. The SMILES string of the molecule is CS(=O)(=O)NC[C@@H]1CCCCN1Cc1nnnn1C1CC1.